The monoisotopic (exact) mass is 291 g/mol. The van der Waals surface area contributed by atoms with Gasteiger partial charge in [0.05, 0.1) is 24.1 Å². The highest BCUT2D eigenvalue weighted by atomic mass is 16.5. The molecule has 2 aliphatic carbocycles. The SMILES string of the molecule is COC(=O)[C@@H]1[C@@H]2C=C[C@](c3ccccc3)(c3ccccn3)[C@@H]21. The topological polar surface area (TPSA) is 39.2 Å². The van der Waals surface area contributed by atoms with Crippen LogP contribution in [0.3, 0.4) is 0 Å². The molecule has 2 aromatic rings. The summed E-state index contributed by atoms with van der Waals surface area (Å²) in [6.07, 6.45) is 6.20. The first-order valence-corrected chi connectivity index (χ1v) is 7.53. The fourth-order valence-corrected chi connectivity index (χ4v) is 3.99. The molecule has 0 amide bonds. The summed E-state index contributed by atoms with van der Waals surface area (Å²) < 4.78 is 4.98. The minimum atomic E-state index is -0.327. The number of aromatic nitrogens is 1. The number of nitrogens with zero attached hydrogens (tertiary/aromatic N) is 1. The molecule has 3 nitrogen and oxygen atoms in total. The van der Waals surface area contributed by atoms with Crippen LogP contribution in [0.15, 0.2) is 66.9 Å². The van der Waals surface area contributed by atoms with E-state index in [-0.39, 0.29) is 29.1 Å². The van der Waals surface area contributed by atoms with Gasteiger partial charge < -0.3 is 4.74 Å². The Morgan fingerprint density at radius 2 is 1.91 bits per heavy atom. The number of carbonyl (C=O) groups excluding carboxylic acids is 1. The van der Waals surface area contributed by atoms with Gasteiger partial charge in [-0.1, -0.05) is 48.6 Å². The maximum atomic E-state index is 12.1. The Morgan fingerprint density at radius 3 is 2.59 bits per heavy atom. The number of esters is 1. The van der Waals surface area contributed by atoms with Crippen molar-refractivity contribution in [1.82, 2.24) is 4.98 Å². The number of ether oxygens (including phenoxy) is 1. The number of fused-ring (bicyclic) bond motifs is 1. The van der Waals surface area contributed by atoms with Gasteiger partial charge in [-0.05, 0) is 29.5 Å². The number of allylic oxidation sites excluding steroid dienone is 2. The van der Waals surface area contributed by atoms with E-state index in [0.29, 0.717) is 0 Å². The van der Waals surface area contributed by atoms with Gasteiger partial charge in [0.2, 0.25) is 0 Å². The van der Waals surface area contributed by atoms with Crippen LogP contribution in [-0.4, -0.2) is 18.1 Å². The van der Waals surface area contributed by atoms with Gasteiger partial charge in [-0.15, -0.1) is 0 Å². The van der Waals surface area contributed by atoms with Crippen molar-refractivity contribution in [3.05, 3.63) is 78.1 Å². The van der Waals surface area contributed by atoms with E-state index in [1.807, 2.05) is 42.6 Å². The van der Waals surface area contributed by atoms with Crippen molar-refractivity contribution in [3.63, 3.8) is 0 Å². The van der Waals surface area contributed by atoms with Crippen LogP contribution in [0.1, 0.15) is 11.3 Å². The van der Waals surface area contributed by atoms with Gasteiger partial charge in [0.1, 0.15) is 0 Å². The standard InChI is InChI=1S/C19H17NO2/c1-22-18(21)16-14-10-11-19(17(14)16,13-7-3-2-4-8-13)15-9-5-6-12-20-15/h2-12,14,16-17H,1H3/t14-,16+,17-,19-/m0/s1. The van der Waals surface area contributed by atoms with Crippen LogP contribution in [0, 0.1) is 17.8 Å². The molecular formula is C19H17NO2. The van der Waals surface area contributed by atoms with Crippen molar-refractivity contribution in [3.8, 4) is 0 Å². The zero-order valence-electron chi connectivity index (χ0n) is 12.3. The predicted molar refractivity (Wildman–Crippen MR) is 83.1 cm³/mol. The van der Waals surface area contributed by atoms with Gasteiger partial charge >= 0.3 is 5.97 Å². The van der Waals surface area contributed by atoms with Gasteiger partial charge in [-0.3, -0.25) is 9.78 Å². The smallest absolute Gasteiger partial charge is 0.309 e. The summed E-state index contributed by atoms with van der Waals surface area (Å²) in [5.41, 5.74) is 1.85. The molecule has 0 unspecified atom stereocenters. The zero-order valence-corrected chi connectivity index (χ0v) is 12.3. The summed E-state index contributed by atoms with van der Waals surface area (Å²) in [4.78, 5) is 16.7. The van der Waals surface area contributed by atoms with E-state index in [1.54, 1.807) is 0 Å². The number of rotatable bonds is 3. The first-order chi connectivity index (χ1) is 10.8. The minimum Gasteiger partial charge on any atom is -0.469 e. The highest BCUT2D eigenvalue weighted by molar-refractivity contribution is 5.79. The second-order valence-electron chi connectivity index (χ2n) is 5.96. The van der Waals surface area contributed by atoms with E-state index in [0.717, 1.165) is 5.69 Å². The molecule has 110 valence electrons. The third kappa shape index (κ3) is 1.68. The van der Waals surface area contributed by atoms with Gasteiger partial charge in [0, 0.05) is 6.20 Å². The Bertz CT molecular complexity index is 684. The van der Waals surface area contributed by atoms with Crippen molar-refractivity contribution in [2.75, 3.05) is 7.11 Å². The maximum absolute atomic E-state index is 12.1. The Hall–Kier alpha value is -2.42. The van der Waals surface area contributed by atoms with E-state index in [4.69, 9.17) is 4.74 Å². The van der Waals surface area contributed by atoms with E-state index in [2.05, 4.69) is 29.3 Å². The zero-order chi connectivity index (χ0) is 15.2. The first kappa shape index (κ1) is 13.3. The number of pyridine rings is 1. The van der Waals surface area contributed by atoms with Crippen LogP contribution in [0.4, 0.5) is 0 Å². The normalized spacial score (nSPS) is 31.6. The van der Waals surface area contributed by atoms with Crippen LogP contribution in [0.2, 0.25) is 0 Å². The molecule has 0 aliphatic heterocycles. The van der Waals surface area contributed by atoms with E-state index < -0.39 is 0 Å². The molecule has 0 bridgehead atoms. The molecule has 0 saturated heterocycles. The number of benzene rings is 1. The van der Waals surface area contributed by atoms with Crippen LogP contribution < -0.4 is 0 Å². The Kier molecular flexibility index (Phi) is 2.89. The fourth-order valence-electron chi connectivity index (χ4n) is 3.99. The Morgan fingerprint density at radius 1 is 1.14 bits per heavy atom. The van der Waals surface area contributed by atoms with Gasteiger partial charge in [-0.2, -0.15) is 0 Å². The molecule has 1 saturated carbocycles. The molecule has 2 aliphatic rings. The number of hydrogen-bond acceptors (Lipinski definition) is 3. The molecule has 0 N–H and O–H groups in total. The molecule has 1 aromatic heterocycles. The fraction of sp³-hybridized carbons (Fsp3) is 0.263. The van der Waals surface area contributed by atoms with Crippen molar-refractivity contribution >= 4 is 5.97 Å². The number of hydrogen-bond donors (Lipinski definition) is 0. The number of carbonyl (C=O) groups is 1. The van der Waals surface area contributed by atoms with E-state index in [9.17, 15) is 4.79 Å². The van der Waals surface area contributed by atoms with Crippen molar-refractivity contribution in [2.24, 2.45) is 17.8 Å². The average molecular weight is 291 g/mol. The molecule has 4 rings (SSSR count). The summed E-state index contributed by atoms with van der Waals surface area (Å²) in [5.74, 6) is 0.291. The molecule has 0 spiro atoms. The molecule has 22 heavy (non-hydrogen) atoms. The maximum Gasteiger partial charge on any atom is 0.309 e. The summed E-state index contributed by atoms with van der Waals surface area (Å²) in [7, 11) is 1.46. The lowest BCUT2D eigenvalue weighted by Gasteiger charge is -2.30. The summed E-state index contributed by atoms with van der Waals surface area (Å²) in [6.45, 7) is 0. The lowest BCUT2D eigenvalue weighted by molar-refractivity contribution is -0.142. The lowest BCUT2D eigenvalue weighted by Crippen LogP contribution is -2.30. The highest BCUT2D eigenvalue weighted by Crippen LogP contribution is 2.65. The summed E-state index contributed by atoms with van der Waals surface area (Å²) >= 11 is 0. The van der Waals surface area contributed by atoms with E-state index in [1.165, 1.54) is 12.7 Å². The van der Waals surface area contributed by atoms with Crippen LogP contribution in [-0.2, 0) is 14.9 Å². The third-order valence-electron chi connectivity index (χ3n) is 5.00. The summed E-state index contributed by atoms with van der Waals surface area (Å²) in [6, 6.07) is 16.3. The molecule has 4 atom stereocenters. The largest absolute Gasteiger partial charge is 0.469 e. The van der Waals surface area contributed by atoms with Crippen molar-refractivity contribution in [1.29, 1.82) is 0 Å². The molecule has 3 heteroatoms. The third-order valence-corrected chi connectivity index (χ3v) is 5.00. The second kappa shape index (κ2) is 4.80. The predicted octanol–water partition coefficient (Wildman–Crippen LogP) is 2.97. The highest BCUT2D eigenvalue weighted by Gasteiger charge is 2.67. The Labute approximate surface area is 129 Å². The molecule has 1 aromatic carbocycles. The van der Waals surface area contributed by atoms with Gasteiger partial charge in [0.25, 0.3) is 0 Å². The van der Waals surface area contributed by atoms with Gasteiger partial charge in [0.15, 0.2) is 0 Å². The average Bonchev–Trinajstić information content (AvgIpc) is 3.19. The minimum absolute atomic E-state index is 0.0581. The first-order valence-electron chi connectivity index (χ1n) is 7.53. The van der Waals surface area contributed by atoms with Crippen molar-refractivity contribution < 1.29 is 9.53 Å². The lowest BCUT2D eigenvalue weighted by atomic mass is 9.73. The number of methoxy groups -OCH3 is 1. The van der Waals surface area contributed by atoms with Crippen LogP contribution in [0.25, 0.3) is 0 Å². The Balaban J connectivity index is 1.86. The second-order valence-corrected chi connectivity index (χ2v) is 5.96. The summed E-state index contributed by atoms with van der Waals surface area (Å²) in [5, 5.41) is 0. The molecular weight excluding hydrogens is 274 g/mol. The molecule has 1 fully saturated rings. The van der Waals surface area contributed by atoms with Crippen LogP contribution >= 0.6 is 0 Å². The van der Waals surface area contributed by atoms with Crippen LogP contribution in [0.5, 0.6) is 0 Å². The van der Waals surface area contributed by atoms with Gasteiger partial charge in [-0.25, -0.2) is 0 Å². The van der Waals surface area contributed by atoms with Crippen molar-refractivity contribution in [2.45, 2.75) is 5.41 Å². The quantitative estimate of drug-likeness (QED) is 0.644. The molecule has 1 heterocycles. The molecule has 0 radical (unpaired) electrons. The van der Waals surface area contributed by atoms with E-state index >= 15 is 0 Å².